The largest absolute Gasteiger partial charge is 0.417 e. The van der Waals surface area contributed by atoms with Crippen LogP contribution in [0.25, 0.3) is 10.9 Å². The van der Waals surface area contributed by atoms with Crippen LogP contribution in [-0.4, -0.2) is 46.5 Å². The quantitative estimate of drug-likeness (QED) is 0.393. The molecule has 3 heterocycles. The number of halogens is 3. The number of alkyl halides is 3. The lowest BCUT2D eigenvalue weighted by atomic mass is 10.1. The Hall–Kier alpha value is -3.81. The minimum atomic E-state index is -4.56. The number of benzene rings is 2. The van der Waals surface area contributed by atoms with Gasteiger partial charge in [-0.05, 0) is 30.2 Å². The Bertz CT molecular complexity index is 1330. The molecule has 0 radical (unpaired) electrons. The molecule has 5 nitrogen and oxygen atoms in total. The molecule has 1 amide bonds. The molecule has 1 saturated heterocycles. The van der Waals surface area contributed by atoms with Crippen molar-refractivity contribution >= 4 is 22.5 Å². The van der Waals surface area contributed by atoms with Gasteiger partial charge in [0.05, 0.1) is 28.5 Å². The highest BCUT2D eigenvalue weighted by atomic mass is 19.4. The molecule has 0 N–H and O–H groups in total. The number of rotatable bonds is 5. The average molecular weight is 479 g/mol. The first-order valence-electron chi connectivity index (χ1n) is 11.6. The van der Waals surface area contributed by atoms with Crippen LogP contribution in [0.4, 0.5) is 18.9 Å². The van der Waals surface area contributed by atoms with E-state index >= 15 is 0 Å². The Morgan fingerprint density at radius 1 is 0.914 bits per heavy atom. The van der Waals surface area contributed by atoms with Crippen LogP contribution in [0.5, 0.6) is 0 Å². The summed E-state index contributed by atoms with van der Waals surface area (Å²) < 4.78 is 42.1. The maximum Gasteiger partial charge on any atom is 0.417 e. The Morgan fingerprint density at radius 2 is 1.63 bits per heavy atom. The number of hydrogen-bond acceptors (Lipinski definition) is 3. The molecule has 0 spiro atoms. The smallest absolute Gasteiger partial charge is 0.367 e. The number of fused-ring (bicyclic) bond motifs is 1. The summed E-state index contributed by atoms with van der Waals surface area (Å²) in [5, 5.41) is 1.04. The highest BCUT2D eigenvalue weighted by molar-refractivity contribution is 5.96. The summed E-state index contributed by atoms with van der Waals surface area (Å²) in [6.45, 7) is 2.61. The first-order valence-corrected chi connectivity index (χ1v) is 11.6. The SMILES string of the molecule is O=C(c1ccccc1C(F)(F)F)N1CCN(c2cnc3cn(CCc4ccccc4)cc3c2)CC1. The van der Waals surface area contributed by atoms with Gasteiger partial charge >= 0.3 is 6.18 Å². The molecule has 8 heteroatoms. The van der Waals surface area contributed by atoms with Crippen LogP contribution in [0.1, 0.15) is 21.5 Å². The highest BCUT2D eigenvalue weighted by Gasteiger charge is 2.36. The second kappa shape index (κ2) is 9.44. The number of carbonyl (C=O) groups excluding carboxylic acids is 1. The van der Waals surface area contributed by atoms with E-state index in [2.05, 4.69) is 38.8 Å². The molecule has 0 bridgehead atoms. The Morgan fingerprint density at radius 3 is 2.37 bits per heavy atom. The van der Waals surface area contributed by atoms with Gasteiger partial charge in [-0.15, -0.1) is 0 Å². The van der Waals surface area contributed by atoms with Crippen LogP contribution >= 0.6 is 0 Å². The van der Waals surface area contributed by atoms with Gasteiger partial charge in [-0.25, -0.2) is 0 Å². The molecular weight excluding hydrogens is 453 g/mol. The molecule has 0 atom stereocenters. The molecule has 4 aromatic rings. The van der Waals surface area contributed by atoms with Crippen molar-refractivity contribution in [1.82, 2.24) is 14.5 Å². The van der Waals surface area contributed by atoms with Crippen molar-refractivity contribution in [3.05, 3.63) is 95.9 Å². The van der Waals surface area contributed by atoms with Crippen molar-refractivity contribution in [3.63, 3.8) is 0 Å². The lowest BCUT2D eigenvalue weighted by molar-refractivity contribution is -0.138. The summed E-state index contributed by atoms with van der Waals surface area (Å²) >= 11 is 0. The van der Waals surface area contributed by atoms with Gasteiger partial charge in [0.1, 0.15) is 0 Å². The van der Waals surface area contributed by atoms with Crippen LogP contribution in [0.3, 0.4) is 0 Å². The molecule has 1 aliphatic rings. The van der Waals surface area contributed by atoms with Crippen LogP contribution < -0.4 is 4.90 Å². The summed E-state index contributed by atoms with van der Waals surface area (Å²) in [6, 6.07) is 17.4. The summed E-state index contributed by atoms with van der Waals surface area (Å²) in [7, 11) is 0. The number of nitrogens with zero attached hydrogens (tertiary/aromatic N) is 4. The summed E-state index contributed by atoms with van der Waals surface area (Å²) in [6.07, 6.45) is 2.31. The maximum absolute atomic E-state index is 13.3. The number of amides is 1. The van der Waals surface area contributed by atoms with E-state index in [9.17, 15) is 18.0 Å². The van der Waals surface area contributed by atoms with E-state index in [1.54, 1.807) is 0 Å². The number of hydrogen-bond donors (Lipinski definition) is 0. The van der Waals surface area contributed by atoms with Gasteiger partial charge < -0.3 is 14.4 Å². The molecule has 0 saturated carbocycles. The molecule has 0 unspecified atom stereocenters. The fraction of sp³-hybridized carbons (Fsp3) is 0.259. The van der Waals surface area contributed by atoms with Gasteiger partial charge in [0, 0.05) is 50.5 Å². The van der Waals surface area contributed by atoms with E-state index in [0.29, 0.717) is 26.2 Å². The van der Waals surface area contributed by atoms with Gasteiger partial charge in [0.25, 0.3) is 5.91 Å². The summed E-state index contributed by atoms with van der Waals surface area (Å²) in [5.41, 5.74) is 1.96. The van der Waals surface area contributed by atoms with Crippen molar-refractivity contribution in [2.75, 3.05) is 31.1 Å². The monoisotopic (exact) mass is 478 g/mol. The van der Waals surface area contributed by atoms with E-state index in [1.165, 1.54) is 28.7 Å². The molecule has 5 rings (SSSR count). The molecule has 35 heavy (non-hydrogen) atoms. The predicted octanol–water partition coefficient (Wildman–Crippen LogP) is 5.26. The van der Waals surface area contributed by atoms with E-state index in [1.807, 2.05) is 30.6 Å². The first kappa shape index (κ1) is 23.0. The van der Waals surface area contributed by atoms with Crippen molar-refractivity contribution in [1.29, 1.82) is 0 Å². The second-order valence-corrected chi connectivity index (χ2v) is 8.72. The minimum Gasteiger partial charge on any atom is -0.367 e. The number of aryl methyl sites for hydroxylation is 2. The molecular formula is C27H25F3N4O. The number of anilines is 1. The number of pyridine rings is 1. The summed E-state index contributed by atoms with van der Waals surface area (Å²) in [5.74, 6) is -0.582. The van der Waals surface area contributed by atoms with Crippen LogP contribution in [0.15, 0.2) is 79.3 Å². The Kier molecular flexibility index (Phi) is 6.19. The standard InChI is InChI=1S/C27H25F3N4O/c28-27(29,30)24-9-5-4-8-23(24)26(35)34-14-12-33(13-15-34)22-16-21-18-32(19-25(21)31-17-22)11-10-20-6-2-1-3-7-20/h1-9,16-19H,10-15H2. The number of aromatic nitrogens is 2. The van der Waals surface area contributed by atoms with Crippen LogP contribution in [0, 0.1) is 0 Å². The van der Waals surface area contributed by atoms with Crippen LogP contribution in [-0.2, 0) is 19.1 Å². The fourth-order valence-electron chi connectivity index (χ4n) is 4.52. The summed E-state index contributed by atoms with van der Waals surface area (Å²) in [4.78, 5) is 21.1. The van der Waals surface area contributed by atoms with Crippen molar-refractivity contribution in [2.45, 2.75) is 19.1 Å². The maximum atomic E-state index is 13.3. The molecule has 2 aromatic heterocycles. The van der Waals surface area contributed by atoms with E-state index in [4.69, 9.17) is 0 Å². The fourth-order valence-corrected chi connectivity index (χ4v) is 4.52. The first-order chi connectivity index (χ1) is 16.9. The van der Waals surface area contributed by atoms with Gasteiger partial charge in [0.2, 0.25) is 0 Å². The lowest BCUT2D eigenvalue weighted by Gasteiger charge is -2.36. The topological polar surface area (TPSA) is 41.4 Å². The molecule has 2 aromatic carbocycles. The van der Waals surface area contributed by atoms with Crippen LogP contribution in [0.2, 0.25) is 0 Å². The van der Waals surface area contributed by atoms with Gasteiger partial charge in [0.15, 0.2) is 0 Å². The third kappa shape index (κ3) is 5.01. The molecule has 180 valence electrons. The normalized spacial score (nSPS) is 14.5. The zero-order valence-electron chi connectivity index (χ0n) is 19.1. The van der Waals surface area contributed by atoms with E-state index in [-0.39, 0.29) is 5.56 Å². The number of carbonyl (C=O) groups is 1. The third-order valence-electron chi connectivity index (χ3n) is 6.42. The molecule has 1 aliphatic heterocycles. The van der Waals surface area contributed by atoms with Crippen molar-refractivity contribution in [3.8, 4) is 0 Å². The van der Waals surface area contributed by atoms with E-state index < -0.39 is 17.6 Å². The lowest BCUT2D eigenvalue weighted by Crippen LogP contribution is -2.49. The zero-order chi connectivity index (χ0) is 24.4. The Balaban J connectivity index is 1.24. The van der Waals surface area contributed by atoms with Gasteiger partial charge in [-0.2, -0.15) is 13.2 Å². The second-order valence-electron chi connectivity index (χ2n) is 8.72. The van der Waals surface area contributed by atoms with Gasteiger partial charge in [-0.3, -0.25) is 9.78 Å². The third-order valence-corrected chi connectivity index (χ3v) is 6.42. The molecule has 0 aliphatic carbocycles. The highest BCUT2D eigenvalue weighted by Crippen LogP contribution is 2.32. The number of piperazine rings is 1. The minimum absolute atomic E-state index is 0.298. The van der Waals surface area contributed by atoms with Crippen molar-refractivity contribution in [2.24, 2.45) is 0 Å². The van der Waals surface area contributed by atoms with Crippen molar-refractivity contribution < 1.29 is 18.0 Å². The van der Waals surface area contributed by atoms with Gasteiger partial charge in [-0.1, -0.05) is 42.5 Å². The molecule has 1 fully saturated rings. The predicted molar refractivity (Wildman–Crippen MR) is 129 cm³/mol. The Labute approximate surface area is 201 Å². The van der Waals surface area contributed by atoms with E-state index in [0.717, 1.165) is 35.6 Å². The average Bonchev–Trinajstić information content (AvgIpc) is 3.29. The zero-order valence-corrected chi connectivity index (χ0v) is 19.1.